The Morgan fingerprint density at radius 2 is 1.97 bits per heavy atom. The van der Waals surface area contributed by atoms with Gasteiger partial charge < -0.3 is 29.0 Å². The molecule has 2 aromatic carbocycles. The molecule has 5 rings (SSSR count). The lowest BCUT2D eigenvalue weighted by atomic mass is 10.0. The Balaban J connectivity index is 1.50. The minimum atomic E-state index is -0.260. The zero-order valence-corrected chi connectivity index (χ0v) is 16.9. The van der Waals surface area contributed by atoms with E-state index in [1.807, 2.05) is 0 Å². The van der Waals surface area contributed by atoms with Crippen molar-refractivity contribution >= 4 is 23.5 Å². The summed E-state index contributed by atoms with van der Waals surface area (Å²) < 4.78 is 22.3. The standard InChI is InChI=1S/C22H20ClNO6/c23-15-7-13(21-14(8-15)11-28-12-29-21)9-19-20(26)16-1-2-18(25)17(22(16)30-19)10-24-3-5-27-6-4-24/h1-2,7-9,25H,3-6,10-12H2. The molecule has 3 aliphatic heterocycles. The predicted molar refractivity (Wildman–Crippen MR) is 106 cm³/mol. The number of nitrogens with one attached hydrogen (secondary N) is 1. The van der Waals surface area contributed by atoms with Gasteiger partial charge in [0.1, 0.15) is 31.1 Å². The smallest absolute Gasteiger partial charge is 0.231 e. The van der Waals surface area contributed by atoms with E-state index in [0.717, 1.165) is 18.7 Å². The first-order valence-corrected chi connectivity index (χ1v) is 10.2. The monoisotopic (exact) mass is 429 g/mol. The van der Waals surface area contributed by atoms with Crippen molar-refractivity contribution in [2.24, 2.45) is 0 Å². The van der Waals surface area contributed by atoms with Crippen molar-refractivity contribution in [1.82, 2.24) is 0 Å². The number of hydrogen-bond donors (Lipinski definition) is 1. The Morgan fingerprint density at radius 1 is 1.13 bits per heavy atom. The maximum Gasteiger partial charge on any atom is 0.231 e. The number of benzene rings is 2. The number of carbonyl (C=O) groups is 1. The molecule has 0 saturated carbocycles. The fraction of sp³-hybridized carbons (Fsp3) is 0.318. The summed E-state index contributed by atoms with van der Waals surface area (Å²) >= 11 is 6.23. The van der Waals surface area contributed by atoms with Crippen LogP contribution in [0, 0.1) is 0 Å². The SMILES string of the molecule is O=C1C(=Cc2cc(Cl)cc3c2OCOC3)Oc2c1ccc([O-])c2C[NH+]1CCOCC1. The molecular formula is C22H20ClNO6. The molecule has 30 heavy (non-hydrogen) atoms. The molecule has 0 spiro atoms. The van der Waals surface area contributed by atoms with E-state index in [-0.39, 0.29) is 24.1 Å². The molecule has 0 aromatic heterocycles. The van der Waals surface area contributed by atoms with Crippen LogP contribution in [0.2, 0.25) is 5.02 Å². The van der Waals surface area contributed by atoms with Crippen molar-refractivity contribution < 1.29 is 33.7 Å². The Kier molecular flexibility index (Phi) is 5.12. The van der Waals surface area contributed by atoms with Gasteiger partial charge in [-0.1, -0.05) is 23.4 Å². The molecule has 3 heterocycles. The molecule has 0 aliphatic carbocycles. The van der Waals surface area contributed by atoms with Gasteiger partial charge in [-0.05, 0) is 24.3 Å². The van der Waals surface area contributed by atoms with Crippen LogP contribution in [0.1, 0.15) is 27.0 Å². The second kappa shape index (κ2) is 7.92. The number of Topliss-reactive ketones (excluding diaryl/α,β-unsaturated/α-hetero) is 1. The van der Waals surface area contributed by atoms with Crippen molar-refractivity contribution in [1.29, 1.82) is 0 Å². The quantitative estimate of drug-likeness (QED) is 0.741. The Bertz CT molecular complexity index is 1040. The fourth-order valence-corrected chi connectivity index (χ4v) is 4.25. The molecule has 0 radical (unpaired) electrons. The molecule has 1 N–H and O–H groups in total. The van der Waals surface area contributed by atoms with E-state index in [1.165, 1.54) is 17.0 Å². The van der Waals surface area contributed by atoms with Gasteiger partial charge in [0.2, 0.25) is 5.78 Å². The van der Waals surface area contributed by atoms with E-state index < -0.39 is 0 Å². The van der Waals surface area contributed by atoms with Crippen molar-refractivity contribution in [3.05, 3.63) is 57.3 Å². The van der Waals surface area contributed by atoms with E-state index in [4.69, 9.17) is 30.5 Å². The Morgan fingerprint density at radius 3 is 2.80 bits per heavy atom. The van der Waals surface area contributed by atoms with Crippen LogP contribution in [-0.2, 0) is 22.6 Å². The van der Waals surface area contributed by atoms with Crippen LogP contribution in [0.4, 0.5) is 0 Å². The van der Waals surface area contributed by atoms with Crippen molar-refractivity contribution in [2.45, 2.75) is 13.2 Å². The third kappa shape index (κ3) is 3.54. The van der Waals surface area contributed by atoms with Gasteiger partial charge in [0.15, 0.2) is 12.6 Å². The predicted octanol–water partition coefficient (Wildman–Crippen LogP) is 1.31. The summed E-state index contributed by atoms with van der Waals surface area (Å²) in [5.74, 6) is 0.741. The largest absolute Gasteiger partial charge is 0.872 e. The van der Waals surface area contributed by atoms with Crippen LogP contribution in [-0.4, -0.2) is 38.9 Å². The highest BCUT2D eigenvalue weighted by molar-refractivity contribution is 6.31. The minimum absolute atomic E-state index is 0.123. The van der Waals surface area contributed by atoms with Crippen molar-refractivity contribution in [2.75, 3.05) is 33.1 Å². The molecular weight excluding hydrogens is 410 g/mol. The summed E-state index contributed by atoms with van der Waals surface area (Å²) in [7, 11) is 0. The zero-order valence-electron chi connectivity index (χ0n) is 16.2. The second-order valence-electron chi connectivity index (χ2n) is 7.49. The van der Waals surface area contributed by atoms with Gasteiger partial charge in [-0.25, -0.2) is 0 Å². The number of hydrogen-bond acceptors (Lipinski definition) is 6. The van der Waals surface area contributed by atoms with E-state index in [0.29, 0.717) is 59.6 Å². The summed E-state index contributed by atoms with van der Waals surface area (Å²) in [6, 6.07) is 6.48. The van der Waals surface area contributed by atoms with Gasteiger partial charge in [0.05, 0.1) is 25.4 Å². The third-order valence-electron chi connectivity index (χ3n) is 5.51. The van der Waals surface area contributed by atoms with Gasteiger partial charge in [-0.2, -0.15) is 0 Å². The lowest BCUT2D eigenvalue weighted by molar-refractivity contribution is -0.921. The molecule has 1 fully saturated rings. The second-order valence-corrected chi connectivity index (χ2v) is 7.93. The van der Waals surface area contributed by atoms with Gasteiger partial charge in [0.25, 0.3) is 0 Å². The lowest BCUT2D eigenvalue weighted by Gasteiger charge is -2.26. The maximum atomic E-state index is 13.0. The topological polar surface area (TPSA) is 81.5 Å². The van der Waals surface area contributed by atoms with Crippen molar-refractivity contribution in [3.63, 3.8) is 0 Å². The number of morpholine rings is 1. The summed E-state index contributed by atoms with van der Waals surface area (Å²) in [6.45, 7) is 3.96. The maximum absolute atomic E-state index is 13.0. The van der Waals surface area contributed by atoms with E-state index >= 15 is 0 Å². The number of quaternary nitrogens is 1. The van der Waals surface area contributed by atoms with E-state index in [2.05, 4.69) is 0 Å². The number of rotatable bonds is 3. The fourth-order valence-electron chi connectivity index (χ4n) is 4.00. The number of carbonyl (C=O) groups excluding carboxylic acids is 1. The highest BCUT2D eigenvalue weighted by Gasteiger charge is 2.32. The highest BCUT2D eigenvalue weighted by Crippen LogP contribution is 2.40. The van der Waals surface area contributed by atoms with Crippen molar-refractivity contribution in [3.8, 4) is 17.2 Å². The molecule has 0 unspecified atom stereocenters. The summed E-state index contributed by atoms with van der Waals surface area (Å²) in [4.78, 5) is 14.2. The van der Waals surface area contributed by atoms with Gasteiger partial charge >= 0.3 is 0 Å². The molecule has 156 valence electrons. The first-order chi connectivity index (χ1) is 14.6. The Hall–Kier alpha value is -2.58. The van der Waals surface area contributed by atoms with Crippen LogP contribution < -0.4 is 19.5 Å². The van der Waals surface area contributed by atoms with Crippen LogP contribution >= 0.6 is 11.6 Å². The number of ether oxygens (including phenoxy) is 4. The first kappa shape index (κ1) is 19.4. The van der Waals surface area contributed by atoms with E-state index in [9.17, 15) is 9.90 Å². The van der Waals surface area contributed by atoms with Gasteiger partial charge in [-0.3, -0.25) is 4.79 Å². The molecule has 0 atom stereocenters. The minimum Gasteiger partial charge on any atom is -0.872 e. The molecule has 2 aromatic rings. The molecule has 7 nitrogen and oxygen atoms in total. The lowest BCUT2D eigenvalue weighted by Crippen LogP contribution is -3.12. The highest BCUT2D eigenvalue weighted by atomic mass is 35.5. The van der Waals surface area contributed by atoms with E-state index in [1.54, 1.807) is 18.2 Å². The van der Waals surface area contributed by atoms with Crippen LogP contribution in [0.3, 0.4) is 0 Å². The third-order valence-corrected chi connectivity index (χ3v) is 5.73. The average molecular weight is 430 g/mol. The molecule has 1 saturated heterocycles. The number of allylic oxidation sites excluding steroid dienone is 1. The van der Waals surface area contributed by atoms with Gasteiger partial charge in [0, 0.05) is 21.7 Å². The number of ketones is 1. The van der Waals surface area contributed by atoms with Gasteiger partial charge in [-0.15, -0.1) is 0 Å². The normalized spacial score (nSPS) is 19.9. The molecule has 0 bridgehead atoms. The molecule has 8 heteroatoms. The number of fused-ring (bicyclic) bond motifs is 2. The zero-order chi connectivity index (χ0) is 20.7. The summed E-state index contributed by atoms with van der Waals surface area (Å²) in [5, 5.41) is 13.1. The average Bonchev–Trinajstić information content (AvgIpc) is 3.06. The number of halogens is 1. The molecule has 3 aliphatic rings. The van der Waals surface area contributed by atoms with Crippen LogP contribution in [0.15, 0.2) is 30.0 Å². The Labute approximate surface area is 178 Å². The van der Waals surface area contributed by atoms with Crippen LogP contribution in [0.5, 0.6) is 17.2 Å². The molecule has 0 amide bonds. The summed E-state index contributed by atoms with van der Waals surface area (Å²) in [5.41, 5.74) is 2.38. The van der Waals surface area contributed by atoms with Crippen LogP contribution in [0.25, 0.3) is 6.08 Å². The summed E-state index contributed by atoms with van der Waals surface area (Å²) in [6.07, 6.45) is 1.62. The first-order valence-electron chi connectivity index (χ1n) is 9.81.